The first-order valence-electron chi connectivity index (χ1n) is 4.09. The highest BCUT2D eigenvalue weighted by Gasteiger charge is 2.13. The van der Waals surface area contributed by atoms with Crippen LogP contribution in [0.4, 0.5) is 0 Å². The Morgan fingerprint density at radius 3 is 3.17 bits per heavy atom. The minimum Gasteiger partial charge on any atom is -0.389 e. The number of nitrogens with zero attached hydrogens (tertiary/aromatic N) is 1. The highest BCUT2D eigenvalue weighted by atomic mass is 32.1. The molecule has 0 radical (unpaired) electrons. The van der Waals surface area contributed by atoms with E-state index in [0.717, 1.165) is 19.3 Å². The molecule has 1 unspecified atom stereocenters. The molecule has 1 heterocycles. The fraction of sp³-hybridized carbons (Fsp3) is 0.444. The lowest BCUT2D eigenvalue weighted by Gasteiger charge is -1.95. The average Bonchev–Trinajstić information content (AvgIpc) is 2.63. The van der Waals surface area contributed by atoms with Gasteiger partial charge in [0, 0.05) is 17.5 Å². The van der Waals surface area contributed by atoms with Crippen LogP contribution in [0.1, 0.15) is 17.7 Å². The molecule has 3 heteroatoms. The van der Waals surface area contributed by atoms with Crippen molar-refractivity contribution in [2.45, 2.75) is 25.4 Å². The molecule has 1 N–H and O–H groups in total. The molecule has 1 aliphatic rings. The second kappa shape index (κ2) is 3.37. The Morgan fingerprint density at radius 2 is 2.58 bits per heavy atom. The first-order chi connectivity index (χ1) is 5.84. The van der Waals surface area contributed by atoms with E-state index in [9.17, 15) is 5.11 Å². The lowest BCUT2D eigenvalue weighted by atomic mass is 10.1. The quantitative estimate of drug-likeness (QED) is 0.705. The summed E-state index contributed by atoms with van der Waals surface area (Å²) in [6, 6.07) is 0. The van der Waals surface area contributed by atoms with Crippen molar-refractivity contribution < 1.29 is 5.11 Å². The second-order valence-corrected chi connectivity index (χ2v) is 4.05. The van der Waals surface area contributed by atoms with Gasteiger partial charge >= 0.3 is 0 Å². The van der Waals surface area contributed by atoms with E-state index in [2.05, 4.69) is 4.98 Å². The normalized spacial score (nSPS) is 22.8. The van der Waals surface area contributed by atoms with Crippen LogP contribution in [-0.4, -0.2) is 16.2 Å². The monoisotopic (exact) mass is 181 g/mol. The first kappa shape index (κ1) is 7.95. The topological polar surface area (TPSA) is 33.1 Å². The Kier molecular flexibility index (Phi) is 2.23. The number of aliphatic hydroxyl groups excluding tert-OH is 1. The summed E-state index contributed by atoms with van der Waals surface area (Å²) < 4.78 is 0. The van der Waals surface area contributed by atoms with E-state index in [1.165, 1.54) is 10.5 Å². The maximum Gasteiger partial charge on any atom is 0.0794 e. The summed E-state index contributed by atoms with van der Waals surface area (Å²) in [5, 5.41) is 9.24. The van der Waals surface area contributed by atoms with Crippen molar-refractivity contribution in [1.82, 2.24) is 4.98 Å². The van der Waals surface area contributed by atoms with Gasteiger partial charge in [0.25, 0.3) is 0 Å². The largest absolute Gasteiger partial charge is 0.389 e. The summed E-state index contributed by atoms with van der Waals surface area (Å²) >= 11 is 1.68. The molecule has 64 valence electrons. The van der Waals surface area contributed by atoms with Crippen LogP contribution >= 0.6 is 11.3 Å². The lowest BCUT2D eigenvalue weighted by Crippen LogP contribution is -1.93. The number of rotatable bonds is 2. The van der Waals surface area contributed by atoms with Crippen molar-refractivity contribution in [2.24, 2.45) is 0 Å². The van der Waals surface area contributed by atoms with Crippen LogP contribution < -0.4 is 0 Å². The molecule has 0 fully saturated rings. The summed E-state index contributed by atoms with van der Waals surface area (Å²) in [4.78, 5) is 5.30. The minimum absolute atomic E-state index is 0.201. The van der Waals surface area contributed by atoms with Crippen LogP contribution in [0.2, 0.25) is 0 Å². The predicted molar refractivity (Wildman–Crippen MR) is 49.1 cm³/mol. The first-order valence-corrected chi connectivity index (χ1v) is 4.97. The smallest absolute Gasteiger partial charge is 0.0794 e. The Balaban J connectivity index is 2.00. The number of aliphatic hydroxyl groups is 1. The van der Waals surface area contributed by atoms with Gasteiger partial charge < -0.3 is 5.11 Å². The molecule has 0 aliphatic heterocycles. The molecule has 0 bridgehead atoms. The zero-order chi connectivity index (χ0) is 8.39. The Bertz CT molecular complexity index is 279. The van der Waals surface area contributed by atoms with Gasteiger partial charge in [-0.2, -0.15) is 0 Å². The number of thiazole rings is 1. The molecule has 2 nitrogen and oxygen atoms in total. The third-order valence-corrected chi connectivity index (χ3v) is 2.85. The molecule has 0 aromatic carbocycles. The van der Waals surface area contributed by atoms with Gasteiger partial charge in [-0.3, -0.25) is 4.98 Å². The van der Waals surface area contributed by atoms with Crippen molar-refractivity contribution >= 4 is 11.3 Å². The van der Waals surface area contributed by atoms with Crippen LogP contribution in [0, 0.1) is 0 Å². The van der Waals surface area contributed by atoms with Gasteiger partial charge in [-0.25, -0.2) is 0 Å². The molecule has 2 rings (SSSR count). The maximum atomic E-state index is 9.24. The second-order valence-electron chi connectivity index (χ2n) is 3.08. The molecule has 0 amide bonds. The van der Waals surface area contributed by atoms with Crippen LogP contribution in [0.3, 0.4) is 0 Å². The maximum absolute atomic E-state index is 9.24. The standard InChI is InChI=1S/C9H11NOS/c11-8-2-1-7(3-8)4-9-5-10-6-12-9/h3,5-6,8,11H,1-2,4H2. The molecular formula is C9H11NOS. The SMILES string of the molecule is OC1C=C(Cc2cncs2)CC1. The fourth-order valence-corrected chi connectivity index (χ4v) is 2.12. The zero-order valence-corrected chi connectivity index (χ0v) is 7.55. The summed E-state index contributed by atoms with van der Waals surface area (Å²) in [5.41, 5.74) is 3.20. The zero-order valence-electron chi connectivity index (χ0n) is 6.73. The van der Waals surface area contributed by atoms with E-state index in [-0.39, 0.29) is 6.10 Å². The fourth-order valence-electron chi connectivity index (χ4n) is 1.47. The molecule has 1 aliphatic carbocycles. The Hall–Kier alpha value is -0.670. The van der Waals surface area contributed by atoms with Crippen LogP contribution in [0.5, 0.6) is 0 Å². The number of aromatic nitrogens is 1. The summed E-state index contributed by atoms with van der Waals surface area (Å²) in [5.74, 6) is 0. The van der Waals surface area contributed by atoms with Crippen molar-refractivity contribution in [3.63, 3.8) is 0 Å². The molecule has 1 aromatic rings. The lowest BCUT2D eigenvalue weighted by molar-refractivity contribution is 0.223. The Morgan fingerprint density at radius 1 is 1.67 bits per heavy atom. The van der Waals surface area contributed by atoms with Gasteiger partial charge in [-0.05, 0) is 12.8 Å². The molecule has 1 aromatic heterocycles. The highest BCUT2D eigenvalue weighted by molar-refractivity contribution is 7.09. The van der Waals surface area contributed by atoms with Crippen LogP contribution in [0.15, 0.2) is 23.4 Å². The third kappa shape index (κ3) is 1.73. The number of hydrogen-bond acceptors (Lipinski definition) is 3. The predicted octanol–water partition coefficient (Wildman–Crippen LogP) is 1.77. The number of hydrogen-bond donors (Lipinski definition) is 1. The molecule has 1 atom stereocenters. The summed E-state index contributed by atoms with van der Waals surface area (Å²) in [6.45, 7) is 0. The molecule has 0 spiro atoms. The number of allylic oxidation sites excluding steroid dienone is 1. The highest BCUT2D eigenvalue weighted by Crippen LogP contribution is 2.23. The van der Waals surface area contributed by atoms with E-state index in [4.69, 9.17) is 0 Å². The van der Waals surface area contributed by atoms with Gasteiger partial charge in [0.05, 0.1) is 11.6 Å². The Labute approximate surface area is 75.6 Å². The van der Waals surface area contributed by atoms with E-state index >= 15 is 0 Å². The molecule has 0 saturated carbocycles. The van der Waals surface area contributed by atoms with Gasteiger partial charge in [-0.1, -0.05) is 11.6 Å². The van der Waals surface area contributed by atoms with Crippen molar-refractivity contribution in [2.75, 3.05) is 0 Å². The van der Waals surface area contributed by atoms with Gasteiger partial charge in [0.15, 0.2) is 0 Å². The van der Waals surface area contributed by atoms with E-state index in [1.54, 1.807) is 11.3 Å². The van der Waals surface area contributed by atoms with E-state index in [0.29, 0.717) is 0 Å². The summed E-state index contributed by atoms with van der Waals surface area (Å²) in [7, 11) is 0. The summed E-state index contributed by atoms with van der Waals surface area (Å²) in [6.07, 6.45) is 6.58. The van der Waals surface area contributed by atoms with E-state index in [1.807, 2.05) is 17.8 Å². The minimum atomic E-state index is -0.201. The van der Waals surface area contributed by atoms with Crippen molar-refractivity contribution in [1.29, 1.82) is 0 Å². The third-order valence-electron chi connectivity index (χ3n) is 2.07. The van der Waals surface area contributed by atoms with Crippen LogP contribution in [0.25, 0.3) is 0 Å². The van der Waals surface area contributed by atoms with Gasteiger partial charge in [-0.15, -0.1) is 11.3 Å². The average molecular weight is 181 g/mol. The molecule has 12 heavy (non-hydrogen) atoms. The van der Waals surface area contributed by atoms with Crippen molar-refractivity contribution in [3.05, 3.63) is 28.2 Å². The van der Waals surface area contributed by atoms with Crippen molar-refractivity contribution in [3.8, 4) is 0 Å². The van der Waals surface area contributed by atoms with Gasteiger partial charge in [0.2, 0.25) is 0 Å². The van der Waals surface area contributed by atoms with E-state index < -0.39 is 0 Å². The molecule has 0 saturated heterocycles. The van der Waals surface area contributed by atoms with Gasteiger partial charge in [0.1, 0.15) is 0 Å². The molecular weight excluding hydrogens is 170 g/mol. The van der Waals surface area contributed by atoms with Crippen LogP contribution in [-0.2, 0) is 6.42 Å².